The highest BCUT2D eigenvalue weighted by Gasteiger charge is 2.00. The normalized spacial score (nSPS) is 12.0. The lowest BCUT2D eigenvalue weighted by Crippen LogP contribution is -2.38. The predicted octanol–water partition coefficient (Wildman–Crippen LogP) is 3.38. The van der Waals surface area contributed by atoms with Crippen molar-refractivity contribution in [1.82, 2.24) is 15.6 Å². The second kappa shape index (κ2) is 10.6. The zero-order chi connectivity index (χ0) is 15.5. The number of rotatable bonds is 9. The summed E-state index contributed by atoms with van der Waals surface area (Å²) in [6.07, 6.45) is 5.92. The Bertz CT molecular complexity index is 412. The molecule has 0 aliphatic heterocycles. The molecular weight excluding hydrogens is 280 g/mol. The first-order valence-corrected chi connectivity index (χ1v) is 8.85. The summed E-state index contributed by atoms with van der Waals surface area (Å²) in [5, 5.41) is 10.1. The van der Waals surface area contributed by atoms with Crippen LogP contribution >= 0.6 is 11.3 Å². The molecule has 0 unspecified atom stereocenters. The standard InChI is InChI=1S/C16H30N4S/c1-13(2)8-5-6-10-18-16(17-4)19-11-7-9-15-20-14(3)12-21-15/h12-13H,5-11H2,1-4H3,(H2,17,18,19). The van der Waals surface area contributed by atoms with Gasteiger partial charge in [-0.05, 0) is 25.7 Å². The molecule has 0 amide bonds. The lowest BCUT2D eigenvalue weighted by Gasteiger charge is -2.11. The fourth-order valence-electron chi connectivity index (χ4n) is 2.07. The Kier molecular flexibility index (Phi) is 9.06. The minimum atomic E-state index is 0.803. The molecule has 0 aliphatic carbocycles. The number of aryl methyl sites for hydroxylation is 2. The molecule has 2 N–H and O–H groups in total. The first-order valence-electron chi connectivity index (χ1n) is 7.97. The Morgan fingerprint density at radius 2 is 1.95 bits per heavy atom. The van der Waals surface area contributed by atoms with Crippen molar-refractivity contribution in [3.05, 3.63) is 16.1 Å². The predicted molar refractivity (Wildman–Crippen MR) is 93.2 cm³/mol. The Labute approximate surface area is 133 Å². The van der Waals surface area contributed by atoms with Crippen molar-refractivity contribution in [1.29, 1.82) is 0 Å². The Morgan fingerprint density at radius 1 is 1.24 bits per heavy atom. The maximum Gasteiger partial charge on any atom is 0.190 e. The maximum atomic E-state index is 4.48. The molecule has 1 rings (SSSR count). The number of aliphatic imine (C=N–C) groups is 1. The average Bonchev–Trinajstić information content (AvgIpc) is 2.86. The van der Waals surface area contributed by atoms with Crippen molar-refractivity contribution in [2.75, 3.05) is 20.1 Å². The van der Waals surface area contributed by atoms with Gasteiger partial charge in [-0.3, -0.25) is 4.99 Å². The number of aromatic nitrogens is 1. The molecule has 0 bridgehead atoms. The molecule has 5 heteroatoms. The quantitative estimate of drug-likeness (QED) is 0.418. The summed E-state index contributed by atoms with van der Waals surface area (Å²) < 4.78 is 0. The molecule has 0 aromatic carbocycles. The van der Waals surface area contributed by atoms with E-state index >= 15 is 0 Å². The molecule has 1 heterocycles. The monoisotopic (exact) mass is 310 g/mol. The van der Waals surface area contributed by atoms with Crippen LogP contribution in [0.15, 0.2) is 10.4 Å². The van der Waals surface area contributed by atoms with Crippen molar-refractivity contribution in [2.45, 2.75) is 52.9 Å². The highest BCUT2D eigenvalue weighted by molar-refractivity contribution is 7.09. The van der Waals surface area contributed by atoms with Crippen molar-refractivity contribution in [2.24, 2.45) is 10.9 Å². The largest absolute Gasteiger partial charge is 0.356 e. The van der Waals surface area contributed by atoms with Crippen molar-refractivity contribution >= 4 is 17.3 Å². The number of hydrogen-bond acceptors (Lipinski definition) is 3. The molecule has 1 aromatic heterocycles. The van der Waals surface area contributed by atoms with Crippen molar-refractivity contribution in [3.63, 3.8) is 0 Å². The van der Waals surface area contributed by atoms with Gasteiger partial charge in [-0.1, -0.05) is 26.7 Å². The fourth-order valence-corrected chi connectivity index (χ4v) is 2.89. The highest BCUT2D eigenvalue weighted by atomic mass is 32.1. The second-order valence-corrected chi connectivity index (χ2v) is 6.74. The zero-order valence-electron chi connectivity index (χ0n) is 13.9. The van der Waals surface area contributed by atoms with Crippen LogP contribution in [0.4, 0.5) is 0 Å². The highest BCUT2D eigenvalue weighted by Crippen LogP contribution is 2.10. The van der Waals surface area contributed by atoms with Crippen LogP contribution in [-0.4, -0.2) is 31.1 Å². The van der Waals surface area contributed by atoms with E-state index in [0.29, 0.717) is 0 Å². The van der Waals surface area contributed by atoms with E-state index in [2.05, 4.69) is 39.8 Å². The number of unbranched alkanes of at least 4 members (excludes halogenated alkanes) is 1. The van der Waals surface area contributed by atoms with E-state index in [-0.39, 0.29) is 0 Å². The van der Waals surface area contributed by atoms with E-state index in [1.54, 1.807) is 11.3 Å². The van der Waals surface area contributed by atoms with E-state index in [9.17, 15) is 0 Å². The Hall–Kier alpha value is -1.10. The number of nitrogens with zero attached hydrogens (tertiary/aromatic N) is 2. The summed E-state index contributed by atoms with van der Waals surface area (Å²) in [7, 11) is 1.83. The summed E-state index contributed by atoms with van der Waals surface area (Å²) >= 11 is 1.75. The molecule has 0 saturated carbocycles. The smallest absolute Gasteiger partial charge is 0.190 e. The first-order chi connectivity index (χ1) is 10.1. The SMILES string of the molecule is CN=C(NCCCCC(C)C)NCCCc1nc(C)cs1. The molecule has 0 atom stereocenters. The van der Waals surface area contributed by atoms with Crippen LogP contribution < -0.4 is 10.6 Å². The minimum Gasteiger partial charge on any atom is -0.356 e. The summed E-state index contributed by atoms with van der Waals surface area (Å²) in [5.74, 6) is 1.71. The number of nitrogens with one attached hydrogen (secondary N) is 2. The van der Waals surface area contributed by atoms with Gasteiger partial charge in [-0.2, -0.15) is 0 Å². The van der Waals surface area contributed by atoms with Crippen LogP contribution in [-0.2, 0) is 6.42 Å². The number of hydrogen-bond donors (Lipinski definition) is 2. The van der Waals surface area contributed by atoms with Gasteiger partial charge < -0.3 is 10.6 Å². The van der Waals surface area contributed by atoms with Crippen LogP contribution in [0.5, 0.6) is 0 Å². The van der Waals surface area contributed by atoms with Gasteiger partial charge in [0.25, 0.3) is 0 Å². The Morgan fingerprint density at radius 3 is 2.52 bits per heavy atom. The molecule has 120 valence electrons. The van der Waals surface area contributed by atoms with Crippen LogP contribution in [0.3, 0.4) is 0 Å². The van der Waals surface area contributed by atoms with Crippen LogP contribution in [0.1, 0.15) is 50.2 Å². The third-order valence-corrected chi connectivity index (χ3v) is 4.28. The molecule has 1 aromatic rings. The summed E-state index contributed by atoms with van der Waals surface area (Å²) in [6, 6.07) is 0. The fraction of sp³-hybridized carbons (Fsp3) is 0.750. The summed E-state index contributed by atoms with van der Waals surface area (Å²) in [6.45, 7) is 8.53. The molecule has 0 aliphatic rings. The van der Waals surface area contributed by atoms with E-state index in [4.69, 9.17) is 0 Å². The van der Waals surface area contributed by atoms with E-state index < -0.39 is 0 Å². The van der Waals surface area contributed by atoms with Crippen molar-refractivity contribution in [3.8, 4) is 0 Å². The maximum absolute atomic E-state index is 4.48. The van der Waals surface area contributed by atoms with Crippen LogP contribution in [0, 0.1) is 12.8 Å². The van der Waals surface area contributed by atoms with Crippen LogP contribution in [0.2, 0.25) is 0 Å². The molecule has 21 heavy (non-hydrogen) atoms. The molecule has 0 fully saturated rings. The molecule has 0 spiro atoms. The molecule has 4 nitrogen and oxygen atoms in total. The van der Waals surface area contributed by atoms with Gasteiger partial charge in [-0.15, -0.1) is 11.3 Å². The Balaban J connectivity index is 2.06. The molecule has 0 radical (unpaired) electrons. The van der Waals surface area contributed by atoms with Gasteiger partial charge in [0.05, 0.1) is 5.01 Å². The minimum absolute atomic E-state index is 0.803. The van der Waals surface area contributed by atoms with Gasteiger partial charge in [0.15, 0.2) is 5.96 Å². The van der Waals surface area contributed by atoms with Gasteiger partial charge in [-0.25, -0.2) is 4.98 Å². The second-order valence-electron chi connectivity index (χ2n) is 5.80. The zero-order valence-corrected chi connectivity index (χ0v) is 14.7. The summed E-state index contributed by atoms with van der Waals surface area (Å²) in [5.41, 5.74) is 1.13. The first kappa shape index (κ1) is 18.0. The van der Waals surface area contributed by atoms with Gasteiger partial charge in [0.2, 0.25) is 0 Å². The van der Waals surface area contributed by atoms with Gasteiger partial charge in [0.1, 0.15) is 0 Å². The molecular formula is C16H30N4S. The van der Waals surface area contributed by atoms with Gasteiger partial charge in [0, 0.05) is 37.6 Å². The lowest BCUT2D eigenvalue weighted by molar-refractivity contribution is 0.534. The van der Waals surface area contributed by atoms with Crippen LogP contribution in [0.25, 0.3) is 0 Å². The van der Waals surface area contributed by atoms with Gasteiger partial charge >= 0.3 is 0 Å². The van der Waals surface area contributed by atoms with Crippen molar-refractivity contribution < 1.29 is 0 Å². The van der Waals surface area contributed by atoms with E-state index in [0.717, 1.165) is 43.5 Å². The number of thiazole rings is 1. The summed E-state index contributed by atoms with van der Waals surface area (Å²) in [4.78, 5) is 8.73. The lowest BCUT2D eigenvalue weighted by atomic mass is 10.1. The third-order valence-electron chi connectivity index (χ3n) is 3.25. The molecule has 0 saturated heterocycles. The number of guanidine groups is 1. The third kappa shape index (κ3) is 8.71. The van der Waals surface area contributed by atoms with E-state index in [1.807, 2.05) is 14.0 Å². The topological polar surface area (TPSA) is 49.3 Å². The van der Waals surface area contributed by atoms with E-state index in [1.165, 1.54) is 24.3 Å². The average molecular weight is 311 g/mol.